The molecule has 110 valence electrons. The van der Waals surface area contributed by atoms with Gasteiger partial charge in [-0.3, -0.25) is 0 Å². The van der Waals surface area contributed by atoms with Crippen LogP contribution in [0, 0.1) is 11.8 Å². The monoisotopic (exact) mass is 283 g/mol. The molecule has 0 aliphatic rings. The average molecular weight is 283 g/mol. The summed E-state index contributed by atoms with van der Waals surface area (Å²) in [6.07, 6.45) is 2.03. The maximum Gasteiger partial charge on any atom is 0.185 e. The summed E-state index contributed by atoms with van der Waals surface area (Å²) in [6.45, 7) is 16.6. The first-order chi connectivity index (χ1) is 8.93. The van der Waals surface area contributed by atoms with E-state index in [9.17, 15) is 0 Å². The molecule has 0 saturated heterocycles. The van der Waals surface area contributed by atoms with E-state index in [4.69, 9.17) is 0 Å². The van der Waals surface area contributed by atoms with Crippen LogP contribution in [0.4, 0.5) is 5.13 Å². The molecule has 0 radical (unpaired) electrons. The first-order valence-electron chi connectivity index (χ1n) is 7.38. The highest BCUT2D eigenvalue weighted by Gasteiger charge is 2.16. The number of thiazole rings is 1. The number of nitrogens with zero attached hydrogens (tertiary/aromatic N) is 2. The molecule has 0 spiro atoms. The number of hydrogen-bond donors (Lipinski definition) is 1. The highest BCUT2D eigenvalue weighted by atomic mass is 32.1. The molecule has 4 heteroatoms. The third kappa shape index (κ3) is 5.49. The predicted octanol–water partition coefficient (Wildman–Crippen LogP) is 3.93. The van der Waals surface area contributed by atoms with Crippen molar-refractivity contribution in [1.82, 2.24) is 10.3 Å². The Morgan fingerprint density at radius 3 is 2.21 bits per heavy atom. The van der Waals surface area contributed by atoms with Gasteiger partial charge in [0.25, 0.3) is 0 Å². The lowest BCUT2D eigenvalue weighted by Crippen LogP contribution is -2.31. The van der Waals surface area contributed by atoms with Gasteiger partial charge in [-0.2, -0.15) is 0 Å². The lowest BCUT2D eigenvalue weighted by Gasteiger charge is -2.25. The number of aromatic nitrogens is 1. The third-order valence-electron chi connectivity index (χ3n) is 2.89. The second kappa shape index (κ2) is 7.85. The Bertz CT molecular complexity index is 350. The zero-order valence-electron chi connectivity index (χ0n) is 13.2. The molecule has 1 N–H and O–H groups in total. The van der Waals surface area contributed by atoms with Gasteiger partial charge in [0, 0.05) is 30.2 Å². The van der Waals surface area contributed by atoms with Crippen molar-refractivity contribution in [2.45, 2.75) is 47.6 Å². The SMILES string of the molecule is CCNC(C)c1cnc(N(CC(C)C)CC(C)C)s1. The summed E-state index contributed by atoms with van der Waals surface area (Å²) in [4.78, 5) is 8.39. The average Bonchev–Trinajstić information content (AvgIpc) is 2.76. The summed E-state index contributed by atoms with van der Waals surface area (Å²) in [5.41, 5.74) is 0. The molecule has 0 aromatic carbocycles. The topological polar surface area (TPSA) is 28.2 Å². The van der Waals surface area contributed by atoms with Crippen LogP contribution in [0.2, 0.25) is 0 Å². The van der Waals surface area contributed by atoms with E-state index < -0.39 is 0 Å². The lowest BCUT2D eigenvalue weighted by atomic mass is 10.1. The van der Waals surface area contributed by atoms with Crippen LogP contribution in [0.5, 0.6) is 0 Å². The van der Waals surface area contributed by atoms with E-state index in [-0.39, 0.29) is 0 Å². The molecule has 0 saturated carbocycles. The normalized spacial score (nSPS) is 13.3. The van der Waals surface area contributed by atoms with Crippen molar-refractivity contribution in [2.24, 2.45) is 11.8 Å². The Balaban J connectivity index is 2.78. The third-order valence-corrected chi connectivity index (χ3v) is 4.13. The van der Waals surface area contributed by atoms with E-state index in [1.165, 1.54) is 10.0 Å². The molecule has 0 aliphatic heterocycles. The van der Waals surface area contributed by atoms with Crippen molar-refractivity contribution in [2.75, 3.05) is 24.5 Å². The Labute approximate surface area is 122 Å². The number of anilines is 1. The molecule has 0 aliphatic carbocycles. The summed E-state index contributed by atoms with van der Waals surface area (Å²) in [6, 6.07) is 0.399. The molecule has 19 heavy (non-hydrogen) atoms. The highest BCUT2D eigenvalue weighted by Crippen LogP contribution is 2.28. The van der Waals surface area contributed by atoms with Crippen molar-refractivity contribution in [3.05, 3.63) is 11.1 Å². The van der Waals surface area contributed by atoms with Gasteiger partial charge in [0.05, 0.1) is 0 Å². The Hall–Kier alpha value is -0.610. The fourth-order valence-electron chi connectivity index (χ4n) is 2.14. The maximum absolute atomic E-state index is 4.63. The van der Waals surface area contributed by atoms with Crippen molar-refractivity contribution in [1.29, 1.82) is 0 Å². The van der Waals surface area contributed by atoms with Crippen LogP contribution in [0.15, 0.2) is 6.20 Å². The highest BCUT2D eigenvalue weighted by molar-refractivity contribution is 7.15. The quantitative estimate of drug-likeness (QED) is 0.783. The van der Waals surface area contributed by atoms with E-state index >= 15 is 0 Å². The Morgan fingerprint density at radius 1 is 1.16 bits per heavy atom. The second-order valence-corrected chi connectivity index (χ2v) is 7.06. The first kappa shape index (κ1) is 16.4. The Kier molecular flexibility index (Phi) is 6.80. The second-order valence-electron chi connectivity index (χ2n) is 6.02. The van der Waals surface area contributed by atoms with Crippen molar-refractivity contribution in [3.8, 4) is 0 Å². The summed E-state index contributed by atoms with van der Waals surface area (Å²) < 4.78 is 0. The summed E-state index contributed by atoms with van der Waals surface area (Å²) in [5.74, 6) is 1.33. The molecule has 0 bridgehead atoms. The van der Waals surface area contributed by atoms with Gasteiger partial charge in [-0.15, -0.1) is 11.3 Å². The molecular formula is C15H29N3S. The fourth-order valence-corrected chi connectivity index (χ4v) is 3.10. The molecule has 1 unspecified atom stereocenters. The van der Waals surface area contributed by atoms with Crippen LogP contribution in [-0.4, -0.2) is 24.6 Å². The van der Waals surface area contributed by atoms with Gasteiger partial charge in [-0.1, -0.05) is 34.6 Å². The van der Waals surface area contributed by atoms with Crippen LogP contribution in [0.1, 0.15) is 52.5 Å². The predicted molar refractivity (Wildman–Crippen MR) is 86.1 cm³/mol. The molecule has 1 rings (SSSR count). The summed E-state index contributed by atoms with van der Waals surface area (Å²) in [7, 11) is 0. The van der Waals surface area contributed by atoms with Crippen molar-refractivity contribution >= 4 is 16.5 Å². The van der Waals surface area contributed by atoms with E-state index in [1.807, 2.05) is 17.5 Å². The van der Waals surface area contributed by atoms with Gasteiger partial charge in [-0.25, -0.2) is 4.98 Å². The van der Waals surface area contributed by atoms with Crippen LogP contribution < -0.4 is 10.2 Å². The zero-order chi connectivity index (χ0) is 14.4. The summed E-state index contributed by atoms with van der Waals surface area (Å²) >= 11 is 1.83. The molecule has 3 nitrogen and oxygen atoms in total. The molecule has 1 aromatic rings. The minimum absolute atomic E-state index is 0.399. The zero-order valence-corrected chi connectivity index (χ0v) is 14.0. The summed E-state index contributed by atoms with van der Waals surface area (Å²) in [5, 5.41) is 4.62. The first-order valence-corrected chi connectivity index (χ1v) is 8.19. The van der Waals surface area contributed by atoms with Crippen LogP contribution in [-0.2, 0) is 0 Å². The molecule has 1 heterocycles. The molecular weight excluding hydrogens is 254 g/mol. The number of nitrogens with one attached hydrogen (secondary N) is 1. The van der Waals surface area contributed by atoms with E-state index in [1.54, 1.807) is 0 Å². The standard InChI is InChI=1S/C15H29N3S/c1-7-16-13(6)14-8-17-15(19-14)18(9-11(2)3)10-12(4)5/h8,11-13,16H,7,9-10H2,1-6H3. The van der Waals surface area contributed by atoms with Crippen molar-refractivity contribution < 1.29 is 0 Å². The van der Waals surface area contributed by atoms with Gasteiger partial charge in [0.15, 0.2) is 5.13 Å². The van der Waals surface area contributed by atoms with Crippen LogP contribution >= 0.6 is 11.3 Å². The smallest absolute Gasteiger partial charge is 0.185 e. The van der Waals surface area contributed by atoms with Gasteiger partial charge < -0.3 is 10.2 Å². The van der Waals surface area contributed by atoms with E-state index in [0.29, 0.717) is 17.9 Å². The minimum Gasteiger partial charge on any atom is -0.348 e. The van der Waals surface area contributed by atoms with Gasteiger partial charge in [-0.05, 0) is 25.3 Å². The van der Waals surface area contributed by atoms with Gasteiger partial charge in [0.1, 0.15) is 0 Å². The van der Waals surface area contributed by atoms with Gasteiger partial charge >= 0.3 is 0 Å². The van der Waals surface area contributed by atoms with E-state index in [2.05, 4.69) is 56.7 Å². The Morgan fingerprint density at radius 2 is 1.74 bits per heavy atom. The molecule has 0 amide bonds. The van der Waals surface area contributed by atoms with E-state index in [0.717, 1.165) is 19.6 Å². The molecule has 1 atom stereocenters. The number of rotatable bonds is 8. The molecule has 0 fully saturated rings. The van der Waals surface area contributed by atoms with Gasteiger partial charge in [0.2, 0.25) is 0 Å². The molecule has 1 aromatic heterocycles. The fraction of sp³-hybridized carbons (Fsp3) is 0.800. The largest absolute Gasteiger partial charge is 0.348 e. The lowest BCUT2D eigenvalue weighted by molar-refractivity contribution is 0.552. The van der Waals surface area contributed by atoms with Crippen LogP contribution in [0.25, 0.3) is 0 Å². The van der Waals surface area contributed by atoms with Crippen molar-refractivity contribution in [3.63, 3.8) is 0 Å². The van der Waals surface area contributed by atoms with Crippen LogP contribution in [0.3, 0.4) is 0 Å². The minimum atomic E-state index is 0.399. The maximum atomic E-state index is 4.63. The number of hydrogen-bond acceptors (Lipinski definition) is 4.